The van der Waals surface area contributed by atoms with Gasteiger partial charge in [-0.3, -0.25) is 0 Å². The Balaban J connectivity index is 1.34. The van der Waals surface area contributed by atoms with Crippen LogP contribution in [0, 0.1) is 0 Å². The molecule has 0 atom stereocenters. The Bertz CT molecular complexity index is 4820. The number of rotatable bonds is 3. The standard InChI is InChI=1S/C50H60B30O/c51-19-7-8-12(35(67)45(77)44(76)25(8)57)30(62)28(60)11(7)29(61)31(63)13(19)14-32(64)26(58)10(27(59)33(14)65)2-5-3(21(53)40(72)42(74)23(5)55)1(4-6(2)24(56)43(75)41(73)22(4)54)9-20(52)17-18-38(70)34(66)15-16(39(71)47(79)46(78)36(15)68)49(18)81-50(17)48(80)37(9)69/h51-80H2. The molecule has 11 rings (SSSR count). The summed E-state index contributed by atoms with van der Waals surface area (Å²) in [7, 11) is 71.4. The molecular weight excluding hydrogens is 941 g/mol. The van der Waals surface area contributed by atoms with Crippen LogP contribution in [0.2, 0.25) is 0 Å². The maximum absolute atomic E-state index is 7.40. The average molecular weight is 1000 g/mol. The van der Waals surface area contributed by atoms with Crippen LogP contribution in [0.1, 0.15) is 0 Å². The highest BCUT2D eigenvalue weighted by Crippen LogP contribution is 2.40. The Morgan fingerprint density at radius 2 is 0.284 bits per heavy atom. The van der Waals surface area contributed by atoms with E-state index in [1.165, 1.54) is 262 Å². The zero-order chi connectivity index (χ0) is 59.6. The van der Waals surface area contributed by atoms with Gasteiger partial charge in [0.05, 0.1) is 0 Å². The predicted molar refractivity (Wildman–Crippen MR) is 463 cm³/mol. The van der Waals surface area contributed by atoms with Gasteiger partial charge in [-0.1, -0.05) is 120 Å². The molecule has 0 aliphatic heterocycles. The summed E-state index contributed by atoms with van der Waals surface area (Å²) >= 11 is 0. The summed E-state index contributed by atoms with van der Waals surface area (Å²) in [5.74, 6) is 0. The first-order chi connectivity index (χ1) is 37.8. The van der Waals surface area contributed by atoms with Crippen molar-refractivity contribution in [3.63, 3.8) is 0 Å². The second-order valence-electron chi connectivity index (χ2n) is 26.3. The molecule has 0 bridgehead atoms. The first-order valence-corrected chi connectivity index (χ1v) is 30.2. The van der Waals surface area contributed by atoms with Crippen molar-refractivity contribution in [2.75, 3.05) is 0 Å². The summed E-state index contributed by atoms with van der Waals surface area (Å²) in [6.45, 7) is 0. The fourth-order valence-electron chi connectivity index (χ4n) is 16.6. The number of benzene rings is 10. The van der Waals surface area contributed by atoms with Gasteiger partial charge in [-0.2, -0.15) is 0 Å². The molecule has 0 unspecified atom stereocenters. The molecule has 0 radical (unpaired) electrons. The van der Waals surface area contributed by atoms with Crippen LogP contribution in [-0.2, 0) is 0 Å². The number of furan rings is 1. The molecular formula is C50H60B30O. The minimum atomic E-state index is 1.03. The fraction of sp³-hybridized carbons (Fsp3) is 0. The normalized spacial score (nSPS) is 12.0. The highest BCUT2D eigenvalue weighted by Gasteiger charge is 2.32. The first kappa shape index (κ1) is 58.0. The quantitative estimate of drug-likeness (QED) is 0.0977. The molecule has 356 valence electrons. The minimum absolute atomic E-state index is 1.03. The molecule has 0 spiro atoms. The lowest BCUT2D eigenvalue weighted by atomic mass is 9.55. The largest absolute Gasteiger partial charge is 0.456 e. The lowest BCUT2D eigenvalue weighted by Gasteiger charge is -2.32. The van der Waals surface area contributed by atoms with Crippen molar-refractivity contribution in [2.45, 2.75) is 0 Å². The zero-order valence-electron chi connectivity index (χ0n) is 55.4. The van der Waals surface area contributed by atoms with Gasteiger partial charge >= 0.3 is 0 Å². The number of fused-ring (bicyclic) bond motifs is 10. The third-order valence-electron chi connectivity index (χ3n) is 23.5. The Labute approximate surface area is 509 Å². The van der Waals surface area contributed by atoms with Crippen molar-refractivity contribution in [1.82, 2.24) is 0 Å². The summed E-state index contributed by atoms with van der Waals surface area (Å²) in [5, 5.41) is 16.5. The molecule has 31 heteroatoms. The van der Waals surface area contributed by atoms with Crippen LogP contribution in [0.25, 0.3) is 109 Å². The van der Waals surface area contributed by atoms with Gasteiger partial charge in [-0.25, -0.2) is 0 Å². The van der Waals surface area contributed by atoms with E-state index in [1.54, 1.807) is 0 Å². The van der Waals surface area contributed by atoms with Crippen LogP contribution in [0.15, 0.2) is 4.42 Å². The third kappa shape index (κ3) is 7.30. The van der Waals surface area contributed by atoms with Crippen molar-refractivity contribution < 1.29 is 4.42 Å². The summed E-state index contributed by atoms with van der Waals surface area (Å²) in [4.78, 5) is 0. The van der Waals surface area contributed by atoms with Crippen LogP contribution in [0.5, 0.6) is 0 Å². The van der Waals surface area contributed by atoms with Gasteiger partial charge in [0.1, 0.15) is 247 Å². The van der Waals surface area contributed by atoms with E-state index in [-0.39, 0.29) is 0 Å². The van der Waals surface area contributed by atoms with Gasteiger partial charge in [0.15, 0.2) is 0 Å². The maximum atomic E-state index is 7.40. The van der Waals surface area contributed by atoms with Gasteiger partial charge < -0.3 is 4.42 Å². The molecule has 1 aromatic heterocycles. The lowest BCUT2D eigenvalue weighted by Crippen LogP contribution is -2.52. The molecule has 10 aromatic carbocycles. The molecule has 0 saturated carbocycles. The van der Waals surface area contributed by atoms with Crippen LogP contribution in [-0.4, -0.2) is 235 Å². The Morgan fingerprint density at radius 3 is 0.654 bits per heavy atom. The molecule has 1 nitrogen and oxygen atoms in total. The van der Waals surface area contributed by atoms with Gasteiger partial charge in [-0.05, 0) is 81.9 Å². The molecule has 0 aliphatic carbocycles. The Morgan fingerprint density at radius 1 is 0.111 bits per heavy atom. The molecule has 81 heavy (non-hydrogen) atoms. The van der Waals surface area contributed by atoms with E-state index in [2.05, 4.69) is 235 Å². The van der Waals surface area contributed by atoms with Gasteiger partial charge in [-0.15, -0.1) is 43.7 Å². The molecule has 0 N–H and O–H groups in total. The predicted octanol–water partition coefficient (Wildman–Crippen LogP) is -37.9. The highest BCUT2D eigenvalue weighted by atomic mass is 16.3. The van der Waals surface area contributed by atoms with Crippen LogP contribution in [0.4, 0.5) is 0 Å². The minimum Gasteiger partial charge on any atom is -0.456 e. The second kappa shape index (κ2) is 19.4. The number of hydrogen-bond donors (Lipinski definition) is 0. The van der Waals surface area contributed by atoms with Crippen molar-refractivity contribution in [2.24, 2.45) is 0 Å². The highest BCUT2D eigenvalue weighted by molar-refractivity contribution is 6.79. The smallest absolute Gasteiger partial charge is 0.143 e. The van der Waals surface area contributed by atoms with Gasteiger partial charge in [0, 0.05) is 16.2 Å². The molecule has 0 fully saturated rings. The summed E-state index contributed by atoms with van der Waals surface area (Å²) < 4.78 is 7.40. The zero-order valence-corrected chi connectivity index (χ0v) is 55.4. The van der Waals surface area contributed by atoms with E-state index >= 15 is 0 Å². The molecule has 0 aliphatic rings. The van der Waals surface area contributed by atoms with Crippen molar-refractivity contribution >= 4 is 475 Å². The van der Waals surface area contributed by atoms with E-state index in [9.17, 15) is 0 Å². The third-order valence-corrected chi connectivity index (χ3v) is 23.5. The maximum Gasteiger partial charge on any atom is 0.143 e. The topological polar surface area (TPSA) is 13.1 Å². The first-order valence-electron chi connectivity index (χ1n) is 30.2. The molecule has 1 heterocycles. The Hall–Kier alpha value is -4.75. The SMILES string of the molecule is Bc1c(B)c(-c2c3c(B)c(B)c(B)c(B)c3c(-c3c(B)c(B)c4oc5c6c(B)c(B)c(B)c(B)c6c(B)c(B)c5c4c3B)c3c(B)c(B)c(B)c(B)c23)c(B)c(B)c1-c1c(B)c(B)c2c(B)c(B)c3c(B)c(B)c(B)c(B)c3c2c1B. The van der Waals surface area contributed by atoms with Crippen molar-refractivity contribution in [3.8, 4) is 33.4 Å². The van der Waals surface area contributed by atoms with E-state index in [0.717, 1.165) is 11.2 Å². The van der Waals surface area contributed by atoms with E-state index in [4.69, 9.17) is 4.42 Å². The van der Waals surface area contributed by atoms with Gasteiger partial charge in [0.25, 0.3) is 0 Å². The second-order valence-corrected chi connectivity index (χ2v) is 26.3. The number of hydrogen-bond acceptors (Lipinski definition) is 1. The summed E-state index contributed by atoms with van der Waals surface area (Å²) in [5.41, 5.74) is 51.5. The molecule has 11 aromatic rings. The van der Waals surface area contributed by atoms with Crippen molar-refractivity contribution in [1.29, 1.82) is 0 Å². The Kier molecular flexibility index (Phi) is 13.9. The lowest BCUT2D eigenvalue weighted by molar-refractivity contribution is 0.676. The van der Waals surface area contributed by atoms with E-state index in [0.29, 0.717) is 0 Å². The average Bonchev–Trinajstić information content (AvgIpc) is 3.42. The molecule has 0 saturated heterocycles. The summed E-state index contributed by atoms with van der Waals surface area (Å²) in [6.07, 6.45) is 0. The summed E-state index contributed by atoms with van der Waals surface area (Å²) in [6, 6.07) is 0. The van der Waals surface area contributed by atoms with E-state index < -0.39 is 0 Å². The van der Waals surface area contributed by atoms with Crippen LogP contribution < -0.4 is 164 Å². The molecule has 0 amide bonds. The van der Waals surface area contributed by atoms with Crippen LogP contribution in [0.3, 0.4) is 0 Å². The fourth-order valence-corrected chi connectivity index (χ4v) is 16.6. The van der Waals surface area contributed by atoms with Crippen LogP contribution >= 0.6 is 0 Å². The van der Waals surface area contributed by atoms with Gasteiger partial charge in [0.2, 0.25) is 0 Å². The van der Waals surface area contributed by atoms with Crippen molar-refractivity contribution in [3.05, 3.63) is 0 Å². The monoisotopic (exact) mass is 1010 g/mol. The van der Waals surface area contributed by atoms with E-state index in [1.807, 2.05) is 0 Å².